The summed E-state index contributed by atoms with van der Waals surface area (Å²) in [4.78, 5) is 24.0. The zero-order valence-corrected chi connectivity index (χ0v) is 14.1. The highest BCUT2D eigenvalue weighted by Crippen LogP contribution is 2.20. The molecule has 2 aromatic carbocycles. The van der Waals surface area contributed by atoms with Crippen LogP contribution in [0.25, 0.3) is 0 Å². The third-order valence-electron chi connectivity index (χ3n) is 3.24. The van der Waals surface area contributed by atoms with Gasteiger partial charge in [-0.3, -0.25) is 4.79 Å². The van der Waals surface area contributed by atoms with Crippen molar-refractivity contribution in [3.63, 3.8) is 0 Å². The van der Waals surface area contributed by atoms with Crippen molar-refractivity contribution in [2.24, 2.45) is 0 Å². The largest absolute Gasteiger partial charge is 0.462 e. The minimum absolute atomic E-state index is 0.202. The Hall–Kier alpha value is -2.53. The van der Waals surface area contributed by atoms with Crippen LogP contribution in [0.3, 0.4) is 0 Å². The lowest BCUT2D eigenvalue weighted by atomic mass is 10.1. The van der Waals surface area contributed by atoms with Crippen LogP contribution in [0, 0.1) is 0 Å². The summed E-state index contributed by atoms with van der Waals surface area (Å²) in [7, 11) is 0. The minimum Gasteiger partial charge on any atom is -0.462 e. The van der Waals surface area contributed by atoms with Crippen LogP contribution in [-0.4, -0.2) is 25.0 Å². The molecule has 2 aromatic rings. The van der Waals surface area contributed by atoms with E-state index in [0.717, 1.165) is 5.69 Å². The Morgan fingerprint density at radius 2 is 1.71 bits per heavy atom. The maximum Gasteiger partial charge on any atom is 0.340 e. The molecule has 0 spiro atoms. The van der Waals surface area contributed by atoms with Gasteiger partial charge < -0.3 is 15.4 Å². The molecule has 0 saturated heterocycles. The van der Waals surface area contributed by atoms with Gasteiger partial charge in [-0.1, -0.05) is 35.9 Å². The number of carbonyl (C=O) groups is 2. The second kappa shape index (κ2) is 8.93. The van der Waals surface area contributed by atoms with Gasteiger partial charge in [0.2, 0.25) is 5.91 Å². The maximum absolute atomic E-state index is 12.1. The van der Waals surface area contributed by atoms with Crippen molar-refractivity contribution in [3.8, 4) is 0 Å². The van der Waals surface area contributed by atoms with E-state index in [2.05, 4.69) is 10.6 Å². The Bertz CT molecular complexity index is 719. The monoisotopic (exact) mass is 346 g/mol. The first kappa shape index (κ1) is 17.8. The van der Waals surface area contributed by atoms with Gasteiger partial charge >= 0.3 is 5.97 Å². The number of esters is 1. The molecule has 5 nitrogen and oxygen atoms in total. The minimum atomic E-state index is -0.456. The van der Waals surface area contributed by atoms with Gasteiger partial charge in [0.25, 0.3) is 0 Å². The van der Waals surface area contributed by atoms with Gasteiger partial charge in [-0.25, -0.2) is 4.79 Å². The molecule has 0 aliphatic rings. The van der Waals surface area contributed by atoms with Gasteiger partial charge in [-0.05, 0) is 31.2 Å². The summed E-state index contributed by atoms with van der Waals surface area (Å²) in [6.45, 7) is 2.44. The molecule has 0 aromatic heterocycles. The van der Waals surface area contributed by atoms with E-state index in [4.69, 9.17) is 16.3 Å². The second-order valence-corrected chi connectivity index (χ2v) is 5.38. The molecule has 0 aliphatic carbocycles. The fourth-order valence-electron chi connectivity index (χ4n) is 2.11. The number of para-hydroxylation sites is 2. The Labute approximate surface area is 146 Å². The summed E-state index contributed by atoms with van der Waals surface area (Å²) in [6.07, 6.45) is 0.238. The molecule has 2 N–H and O–H groups in total. The molecular formula is C18H19ClN2O3. The number of benzene rings is 2. The second-order valence-electron chi connectivity index (χ2n) is 4.97. The number of nitrogens with one attached hydrogen (secondary N) is 2. The van der Waals surface area contributed by atoms with Gasteiger partial charge in [0.05, 0.1) is 28.6 Å². The van der Waals surface area contributed by atoms with Crippen molar-refractivity contribution in [3.05, 3.63) is 59.1 Å². The number of anilines is 2. The summed E-state index contributed by atoms with van der Waals surface area (Å²) < 4.78 is 4.99. The average Bonchev–Trinajstić information content (AvgIpc) is 2.57. The molecule has 6 heteroatoms. The topological polar surface area (TPSA) is 67.4 Å². The SMILES string of the molecule is CCOC(=O)c1ccccc1NC(=O)CCNc1ccccc1Cl. The Balaban J connectivity index is 1.91. The summed E-state index contributed by atoms with van der Waals surface area (Å²) in [6, 6.07) is 14.1. The van der Waals surface area contributed by atoms with Crippen LogP contribution in [0.15, 0.2) is 48.5 Å². The van der Waals surface area contributed by atoms with E-state index in [1.807, 2.05) is 18.2 Å². The molecule has 0 heterocycles. The number of hydrogen-bond acceptors (Lipinski definition) is 4. The third-order valence-corrected chi connectivity index (χ3v) is 3.57. The molecule has 126 valence electrons. The van der Waals surface area contributed by atoms with Crippen molar-refractivity contribution in [2.75, 3.05) is 23.8 Å². The first-order chi connectivity index (χ1) is 11.6. The Morgan fingerprint density at radius 3 is 2.42 bits per heavy atom. The van der Waals surface area contributed by atoms with Gasteiger partial charge in [0.15, 0.2) is 0 Å². The molecule has 0 bridgehead atoms. The first-order valence-corrected chi connectivity index (χ1v) is 8.04. The molecule has 0 unspecified atom stereocenters. The Morgan fingerprint density at radius 1 is 1.04 bits per heavy atom. The van der Waals surface area contributed by atoms with Gasteiger partial charge in [0, 0.05) is 13.0 Å². The van der Waals surface area contributed by atoms with Gasteiger partial charge in [0.1, 0.15) is 0 Å². The average molecular weight is 347 g/mol. The molecule has 24 heavy (non-hydrogen) atoms. The van der Waals surface area contributed by atoms with E-state index < -0.39 is 5.97 Å². The van der Waals surface area contributed by atoms with Crippen LogP contribution in [-0.2, 0) is 9.53 Å². The lowest BCUT2D eigenvalue weighted by Crippen LogP contribution is -2.18. The van der Waals surface area contributed by atoms with Crippen LogP contribution >= 0.6 is 11.6 Å². The maximum atomic E-state index is 12.1. The predicted octanol–water partition coefficient (Wildman–Crippen LogP) is 3.96. The van der Waals surface area contributed by atoms with Crippen LogP contribution in [0.1, 0.15) is 23.7 Å². The van der Waals surface area contributed by atoms with Gasteiger partial charge in [-0.15, -0.1) is 0 Å². The number of amides is 1. The summed E-state index contributed by atoms with van der Waals surface area (Å²) >= 11 is 6.04. The lowest BCUT2D eigenvalue weighted by molar-refractivity contribution is -0.115. The predicted molar refractivity (Wildman–Crippen MR) is 95.6 cm³/mol. The number of hydrogen-bond donors (Lipinski definition) is 2. The van der Waals surface area contributed by atoms with Crippen molar-refractivity contribution in [1.29, 1.82) is 0 Å². The zero-order valence-electron chi connectivity index (χ0n) is 13.3. The molecule has 0 saturated carbocycles. The zero-order chi connectivity index (χ0) is 17.4. The highest BCUT2D eigenvalue weighted by Gasteiger charge is 2.13. The quantitative estimate of drug-likeness (QED) is 0.745. The smallest absolute Gasteiger partial charge is 0.340 e. The van der Waals surface area contributed by atoms with Crippen LogP contribution in [0.5, 0.6) is 0 Å². The molecular weight excluding hydrogens is 328 g/mol. The summed E-state index contributed by atoms with van der Waals surface area (Å²) in [5.74, 6) is -0.658. The van der Waals surface area contributed by atoms with E-state index in [1.54, 1.807) is 37.3 Å². The number of halogens is 1. The fraction of sp³-hybridized carbons (Fsp3) is 0.222. The van der Waals surface area contributed by atoms with Crippen molar-refractivity contribution in [2.45, 2.75) is 13.3 Å². The van der Waals surface area contributed by atoms with E-state index in [-0.39, 0.29) is 18.9 Å². The van der Waals surface area contributed by atoms with Crippen LogP contribution in [0.2, 0.25) is 5.02 Å². The molecule has 2 rings (SSSR count). The summed E-state index contributed by atoms with van der Waals surface area (Å²) in [5, 5.41) is 6.44. The highest BCUT2D eigenvalue weighted by atomic mass is 35.5. The standard InChI is InChI=1S/C18H19ClN2O3/c1-2-24-18(23)13-7-3-5-9-15(13)21-17(22)11-12-20-16-10-6-4-8-14(16)19/h3-10,20H,2,11-12H2,1H3,(H,21,22). The third kappa shape index (κ3) is 4.99. The molecule has 0 aliphatic heterocycles. The van der Waals surface area contributed by atoms with Crippen LogP contribution < -0.4 is 10.6 Å². The van der Waals surface area contributed by atoms with Crippen molar-refractivity contribution < 1.29 is 14.3 Å². The molecule has 1 amide bonds. The molecule has 0 radical (unpaired) electrons. The van der Waals surface area contributed by atoms with E-state index in [1.165, 1.54) is 0 Å². The van der Waals surface area contributed by atoms with Gasteiger partial charge in [-0.2, -0.15) is 0 Å². The van der Waals surface area contributed by atoms with E-state index in [0.29, 0.717) is 22.8 Å². The van der Waals surface area contributed by atoms with Crippen LogP contribution in [0.4, 0.5) is 11.4 Å². The lowest BCUT2D eigenvalue weighted by Gasteiger charge is -2.11. The number of rotatable bonds is 7. The van der Waals surface area contributed by atoms with Crippen molar-refractivity contribution >= 4 is 34.9 Å². The normalized spacial score (nSPS) is 10.1. The first-order valence-electron chi connectivity index (χ1n) is 7.66. The fourth-order valence-corrected chi connectivity index (χ4v) is 2.31. The highest BCUT2D eigenvalue weighted by molar-refractivity contribution is 6.33. The molecule has 0 atom stereocenters. The van der Waals surface area contributed by atoms with Crippen molar-refractivity contribution in [1.82, 2.24) is 0 Å². The number of carbonyl (C=O) groups excluding carboxylic acids is 2. The van der Waals surface area contributed by atoms with E-state index in [9.17, 15) is 9.59 Å². The molecule has 0 fully saturated rings. The summed E-state index contributed by atoms with van der Waals surface area (Å²) in [5.41, 5.74) is 1.56. The number of ether oxygens (including phenoxy) is 1. The van der Waals surface area contributed by atoms with E-state index >= 15 is 0 Å². The Kier molecular flexibility index (Phi) is 6.63.